The van der Waals surface area contributed by atoms with Crippen molar-refractivity contribution in [2.24, 2.45) is 0 Å². The third-order valence-electron chi connectivity index (χ3n) is 3.20. The molecule has 4 nitrogen and oxygen atoms in total. The predicted molar refractivity (Wildman–Crippen MR) is 80.5 cm³/mol. The fourth-order valence-electron chi connectivity index (χ4n) is 1.85. The van der Waals surface area contributed by atoms with Gasteiger partial charge in [0.1, 0.15) is 0 Å². The highest BCUT2D eigenvalue weighted by Gasteiger charge is 2.15. The number of rotatable bonds is 3. The van der Waals surface area contributed by atoms with E-state index >= 15 is 0 Å². The monoisotopic (exact) mass is 270 g/mol. The Morgan fingerprint density at radius 1 is 1.05 bits per heavy atom. The van der Waals surface area contributed by atoms with Crippen molar-refractivity contribution in [2.45, 2.75) is 26.3 Å². The van der Waals surface area contributed by atoms with Crippen LogP contribution in [0.2, 0.25) is 0 Å². The lowest BCUT2D eigenvalue weighted by atomic mass is 10.1. The smallest absolute Gasteiger partial charge is 0.313 e. The van der Waals surface area contributed by atoms with Gasteiger partial charge >= 0.3 is 11.8 Å². The molecule has 2 amide bonds. The summed E-state index contributed by atoms with van der Waals surface area (Å²) in [6.07, 6.45) is 0.787. The molecule has 0 radical (unpaired) electrons. The summed E-state index contributed by atoms with van der Waals surface area (Å²) in [5.41, 5.74) is 0.619. The molecule has 20 heavy (non-hydrogen) atoms. The number of carbonyl (C=O) groups excluding carboxylic acids is 2. The normalized spacial score (nSPS) is 11.9. The molecule has 2 N–H and O–H groups in total. The molecular formula is C16H18N2O2. The third kappa shape index (κ3) is 3.35. The fourth-order valence-corrected chi connectivity index (χ4v) is 1.85. The van der Waals surface area contributed by atoms with Gasteiger partial charge in [0, 0.05) is 11.7 Å². The van der Waals surface area contributed by atoms with Crippen LogP contribution in [0.3, 0.4) is 0 Å². The summed E-state index contributed by atoms with van der Waals surface area (Å²) in [7, 11) is 0. The van der Waals surface area contributed by atoms with E-state index in [1.807, 2.05) is 50.2 Å². The van der Waals surface area contributed by atoms with Gasteiger partial charge in [0.05, 0.1) is 0 Å². The number of hydrogen-bond donors (Lipinski definition) is 2. The Labute approximate surface area is 118 Å². The van der Waals surface area contributed by atoms with Gasteiger partial charge in [0.2, 0.25) is 0 Å². The summed E-state index contributed by atoms with van der Waals surface area (Å²) in [6, 6.07) is 13.4. The highest BCUT2D eigenvalue weighted by molar-refractivity contribution is 6.39. The SMILES string of the molecule is CCC(C)NC(=O)C(=O)Nc1ccc2ccccc2c1. The summed E-state index contributed by atoms with van der Waals surface area (Å²) < 4.78 is 0. The summed E-state index contributed by atoms with van der Waals surface area (Å²) >= 11 is 0. The van der Waals surface area contributed by atoms with E-state index in [2.05, 4.69) is 10.6 Å². The maximum Gasteiger partial charge on any atom is 0.313 e. The highest BCUT2D eigenvalue weighted by atomic mass is 16.2. The first-order valence-corrected chi connectivity index (χ1v) is 6.71. The van der Waals surface area contributed by atoms with Crippen molar-refractivity contribution in [1.29, 1.82) is 0 Å². The third-order valence-corrected chi connectivity index (χ3v) is 3.20. The van der Waals surface area contributed by atoms with Crippen molar-refractivity contribution < 1.29 is 9.59 Å². The van der Waals surface area contributed by atoms with Gasteiger partial charge < -0.3 is 10.6 Å². The molecule has 4 heteroatoms. The van der Waals surface area contributed by atoms with Gasteiger partial charge in [-0.2, -0.15) is 0 Å². The van der Waals surface area contributed by atoms with E-state index < -0.39 is 11.8 Å². The minimum absolute atomic E-state index is 0.00939. The predicted octanol–water partition coefficient (Wildman–Crippen LogP) is 2.69. The first kappa shape index (κ1) is 14.1. The number of carbonyl (C=O) groups is 2. The Morgan fingerprint density at radius 2 is 1.75 bits per heavy atom. The molecule has 0 aliphatic heterocycles. The van der Waals surface area contributed by atoms with E-state index in [9.17, 15) is 9.59 Å². The van der Waals surface area contributed by atoms with Gasteiger partial charge in [-0.05, 0) is 36.2 Å². The summed E-state index contributed by atoms with van der Waals surface area (Å²) in [6.45, 7) is 3.81. The van der Waals surface area contributed by atoms with Crippen LogP contribution in [-0.2, 0) is 9.59 Å². The van der Waals surface area contributed by atoms with Gasteiger partial charge in [-0.3, -0.25) is 9.59 Å². The molecule has 0 saturated heterocycles. The van der Waals surface area contributed by atoms with Crippen LogP contribution in [0.4, 0.5) is 5.69 Å². The molecule has 2 rings (SSSR count). The standard InChI is InChI=1S/C16H18N2O2/c1-3-11(2)17-15(19)16(20)18-14-9-8-12-6-4-5-7-13(12)10-14/h4-11H,3H2,1-2H3,(H,17,19)(H,18,20). The van der Waals surface area contributed by atoms with Crippen LogP contribution in [0.1, 0.15) is 20.3 Å². The summed E-state index contributed by atoms with van der Waals surface area (Å²) in [5, 5.41) is 7.36. The second-order valence-corrected chi connectivity index (χ2v) is 4.80. The van der Waals surface area contributed by atoms with Crippen molar-refractivity contribution in [3.8, 4) is 0 Å². The van der Waals surface area contributed by atoms with E-state index in [1.54, 1.807) is 6.07 Å². The van der Waals surface area contributed by atoms with Crippen LogP contribution in [0.25, 0.3) is 10.8 Å². The number of hydrogen-bond acceptors (Lipinski definition) is 2. The summed E-state index contributed by atoms with van der Waals surface area (Å²) in [4.78, 5) is 23.4. The average molecular weight is 270 g/mol. The zero-order chi connectivity index (χ0) is 14.5. The van der Waals surface area contributed by atoms with Crippen molar-refractivity contribution in [2.75, 3.05) is 5.32 Å². The summed E-state index contributed by atoms with van der Waals surface area (Å²) in [5.74, 6) is -1.24. The lowest BCUT2D eigenvalue weighted by Gasteiger charge is -2.11. The quantitative estimate of drug-likeness (QED) is 0.842. The zero-order valence-corrected chi connectivity index (χ0v) is 11.6. The molecule has 0 heterocycles. The van der Waals surface area contributed by atoms with Gasteiger partial charge in [0.15, 0.2) is 0 Å². The number of benzene rings is 2. The minimum Gasteiger partial charge on any atom is -0.345 e. The number of nitrogens with one attached hydrogen (secondary N) is 2. The highest BCUT2D eigenvalue weighted by Crippen LogP contribution is 2.18. The lowest BCUT2D eigenvalue weighted by molar-refractivity contribution is -0.136. The molecule has 104 valence electrons. The Kier molecular flexibility index (Phi) is 4.35. The van der Waals surface area contributed by atoms with E-state index in [1.165, 1.54) is 0 Å². The molecule has 0 fully saturated rings. The van der Waals surface area contributed by atoms with E-state index in [0.717, 1.165) is 17.2 Å². The zero-order valence-electron chi connectivity index (χ0n) is 11.6. The van der Waals surface area contributed by atoms with Crippen LogP contribution < -0.4 is 10.6 Å². The van der Waals surface area contributed by atoms with Crippen LogP contribution in [-0.4, -0.2) is 17.9 Å². The Hall–Kier alpha value is -2.36. The molecule has 1 atom stereocenters. The maximum absolute atomic E-state index is 11.8. The fraction of sp³-hybridized carbons (Fsp3) is 0.250. The molecule has 0 aromatic heterocycles. The molecule has 0 aliphatic rings. The number of fused-ring (bicyclic) bond motifs is 1. The van der Waals surface area contributed by atoms with Gasteiger partial charge in [-0.25, -0.2) is 0 Å². The first-order chi connectivity index (χ1) is 9.60. The van der Waals surface area contributed by atoms with Crippen molar-refractivity contribution >= 4 is 28.3 Å². The van der Waals surface area contributed by atoms with Gasteiger partial charge in [-0.1, -0.05) is 37.3 Å². The second kappa shape index (κ2) is 6.19. The van der Waals surface area contributed by atoms with Crippen molar-refractivity contribution in [3.05, 3.63) is 42.5 Å². The topological polar surface area (TPSA) is 58.2 Å². The lowest BCUT2D eigenvalue weighted by Crippen LogP contribution is -2.40. The molecule has 2 aromatic rings. The molecule has 1 unspecified atom stereocenters. The second-order valence-electron chi connectivity index (χ2n) is 4.80. The van der Waals surface area contributed by atoms with E-state index in [4.69, 9.17) is 0 Å². The van der Waals surface area contributed by atoms with Crippen molar-refractivity contribution in [1.82, 2.24) is 5.32 Å². The molecular weight excluding hydrogens is 252 g/mol. The minimum atomic E-state index is -0.638. The maximum atomic E-state index is 11.8. The Balaban J connectivity index is 2.07. The Bertz CT molecular complexity index is 637. The number of amides is 2. The van der Waals surface area contributed by atoms with Gasteiger partial charge in [-0.15, -0.1) is 0 Å². The van der Waals surface area contributed by atoms with E-state index in [-0.39, 0.29) is 6.04 Å². The Morgan fingerprint density at radius 3 is 2.45 bits per heavy atom. The average Bonchev–Trinajstić information content (AvgIpc) is 2.46. The van der Waals surface area contributed by atoms with Crippen LogP contribution in [0, 0.1) is 0 Å². The molecule has 0 saturated carbocycles. The van der Waals surface area contributed by atoms with Crippen LogP contribution in [0.5, 0.6) is 0 Å². The van der Waals surface area contributed by atoms with E-state index in [0.29, 0.717) is 5.69 Å². The number of anilines is 1. The van der Waals surface area contributed by atoms with Crippen LogP contribution in [0.15, 0.2) is 42.5 Å². The van der Waals surface area contributed by atoms with Crippen LogP contribution >= 0.6 is 0 Å². The van der Waals surface area contributed by atoms with Gasteiger partial charge in [0.25, 0.3) is 0 Å². The molecule has 0 bridgehead atoms. The first-order valence-electron chi connectivity index (χ1n) is 6.71. The molecule has 2 aromatic carbocycles. The largest absolute Gasteiger partial charge is 0.345 e. The van der Waals surface area contributed by atoms with Crippen molar-refractivity contribution in [3.63, 3.8) is 0 Å². The molecule has 0 spiro atoms. The molecule has 0 aliphatic carbocycles.